The monoisotopic (exact) mass is 134 g/mol. The number of rotatable bonds is 3. The molecule has 0 aromatic heterocycles. The first-order chi connectivity index (χ1) is 4.04. The first-order valence-electron chi connectivity index (χ1n) is 2.55. The number of hydrogen-bond acceptors (Lipinski definition) is 3. The van der Waals surface area contributed by atoms with Crippen LogP contribution < -0.4 is 0 Å². The predicted molar refractivity (Wildman–Crippen MR) is 28.7 cm³/mol. The maximum Gasteiger partial charge on any atom is 0.227 e. The summed E-state index contributed by atoms with van der Waals surface area (Å²) in [5, 5.41) is 35.7. The minimum atomic E-state index is -2.51. The number of hydrogen-bond donors (Lipinski definition) is 3. The van der Waals surface area contributed by atoms with Gasteiger partial charge in [-0.05, 0) is 6.92 Å². The Hall–Kier alpha value is -0.160. The van der Waals surface area contributed by atoms with E-state index in [1.807, 2.05) is 0 Å². The lowest BCUT2D eigenvalue weighted by Gasteiger charge is -2.21. The quantitative estimate of drug-likeness (QED) is 0.419. The van der Waals surface area contributed by atoms with Crippen molar-refractivity contribution in [3.05, 3.63) is 6.92 Å². The third-order valence-corrected chi connectivity index (χ3v) is 1.05. The minimum absolute atomic E-state index is 0.366. The second-order valence-corrected chi connectivity index (χ2v) is 1.79. The SMILES string of the molecule is [CH2]CC([O])(O)C(O)CO. The molecule has 0 fully saturated rings. The second kappa shape index (κ2) is 3.12. The van der Waals surface area contributed by atoms with Gasteiger partial charge in [0.25, 0.3) is 0 Å². The van der Waals surface area contributed by atoms with Gasteiger partial charge < -0.3 is 15.3 Å². The van der Waals surface area contributed by atoms with Crippen LogP contribution in [0.1, 0.15) is 6.42 Å². The molecule has 4 nitrogen and oxygen atoms in total. The smallest absolute Gasteiger partial charge is 0.227 e. The molecule has 2 unspecified atom stereocenters. The first kappa shape index (κ1) is 8.84. The van der Waals surface area contributed by atoms with Gasteiger partial charge in [0.1, 0.15) is 6.10 Å². The number of aliphatic hydroxyl groups is 3. The molecule has 2 atom stereocenters. The Kier molecular flexibility index (Phi) is 3.07. The van der Waals surface area contributed by atoms with Crippen LogP contribution in [0.2, 0.25) is 0 Å². The molecular weight excluding hydrogens is 124 g/mol. The highest BCUT2D eigenvalue weighted by atomic mass is 16.5. The lowest BCUT2D eigenvalue weighted by Crippen LogP contribution is -2.42. The summed E-state index contributed by atoms with van der Waals surface area (Å²) in [4.78, 5) is 0. The van der Waals surface area contributed by atoms with Gasteiger partial charge in [-0.1, -0.05) is 0 Å². The molecule has 0 aliphatic heterocycles. The van der Waals surface area contributed by atoms with E-state index in [0.29, 0.717) is 0 Å². The molecule has 54 valence electrons. The molecule has 0 aromatic rings. The topological polar surface area (TPSA) is 80.6 Å². The second-order valence-electron chi connectivity index (χ2n) is 1.79. The molecule has 4 heteroatoms. The Labute approximate surface area is 53.4 Å². The zero-order valence-corrected chi connectivity index (χ0v) is 4.95. The summed E-state index contributed by atoms with van der Waals surface area (Å²) < 4.78 is 0. The van der Waals surface area contributed by atoms with Gasteiger partial charge in [-0.15, -0.1) is 0 Å². The maximum atomic E-state index is 10.5. The summed E-state index contributed by atoms with van der Waals surface area (Å²) in [6, 6.07) is 0. The van der Waals surface area contributed by atoms with E-state index in [-0.39, 0.29) is 6.42 Å². The summed E-state index contributed by atoms with van der Waals surface area (Å²) in [6.45, 7) is 2.35. The molecule has 9 heavy (non-hydrogen) atoms. The van der Waals surface area contributed by atoms with Crippen LogP contribution in [0, 0.1) is 6.92 Å². The summed E-state index contributed by atoms with van der Waals surface area (Å²) in [5.41, 5.74) is 0. The fraction of sp³-hybridized carbons (Fsp3) is 0.800. The Balaban J connectivity index is 3.80. The molecule has 0 rings (SSSR count). The average molecular weight is 134 g/mol. The van der Waals surface area contributed by atoms with Gasteiger partial charge in [-0.3, -0.25) is 0 Å². The molecule has 0 amide bonds. The van der Waals surface area contributed by atoms with E-state index in [0.717, 1.165) is 0 Å². The van der Waals surface area contributed by atoms with Gasteiger partial charge in [-0.2, -0.15) is 5.11 Å². The predicted octanol–water partition coefficient (Wildman–Crippen LogP) is -1.32. The van der Waals surface area contributed by atoms with Crippen molar-refractivity contribution in [1.29, 1.82) is 0 Å². The zero-order valence-electron chi connectivity index (χ0n) is 4.95. The van der Waals surface area contributed by atoms with Crippen molar-refractivity contribution in [2.45, 2.75) is 18.3 Å². The van der Waals surface area contributed by atoms with E-state index >= 15 is 0 Å². The molecule has 2 radical (unpaired) electrons. The van der Waals surface area contributed by atoms with Crippen LogP contribution in [0.5, 0.6) is 0 Å². The Morgan fingerprint density at radius 1 is 1.67 bits per heavy atom. The lowest BCUT2D eigenvalue weighted by molar-refractivity contribution is -0.264. The van der Waals surface area contributed by atoms with E-state index < -0.39 is 18.5 Å². The van der Waals surface area contributed by atoms with Gasteiger partial charge in [0.15, 0.2) is 0 Å². The van der Waals surface area contributed by atoms with Crippen molar-refractivity contribution in [3.8, 4) is 0 Å². The van der Waals surface area contributed by atoms with Crippen molar-refractivity contribution in [3.63, 3.8) is 0 Å². The van der Waals surface area contributed by atoms with Crippen molar-refractivity contribution in [2.24, 2.45) is 0 Å². The third-order valence-electron chi connectivity index (χ3n) is 1.05. The fourth-order valence-corrected chi connectivity index (χ4v) is 0.309. The van der Waals surface area contributed by atoms with E-state index in [1.165, 1.54) is 0 Å². The van der Waals surface area contributed by atoms with Crippen LogP contribution in [0.25, 0.3) is 0 Å². The summed E-state index contributed by atoms with van der Waals surface area (Å²) in [5.74, 6) is -2.51. The molecule has 3 N–H and O–H groups in total. The maximum absolute atomic E-state index is 10.5. The molecule has 0 spiro atoms. The Morgan fingerprint density at radius 3 is 2.22 bits per heavy atom. The van der Waals surface area contributed by atoms with E-state index in [2.05, 4.69) is 6.92 Å². The van der Waals surface area contributed by atoms with Crippen LogP contribution >= 0.6 is 0 Å². The molecule has 0 aromatic carbocycles. The van der Waals surface area contributed by atoms with Crippen molar-refractivity contribution >= 4 is 0 Å². The normalized spacial score (nSPS) is 15.7. The van der Waals surface area contributed by atoms with Gasteiger partial charge in [0.2, 0.25) is 5.79 Å². The van der Waals surface area contributed by atoms with E-state index in [4.69, 9.17) is 15.3 Å². The van der Waals surface area contributed by atoms with Crippen LogP contribution in [0.3, 0.4) is 0 Å². The van der Waals surface area contributed by atoms with Gasteiger partial charge in [0, 0.05) is 6.42 Å². The van der Waals surface area contributed by atoms with Crippen LogP contribution in [-0.2, 0) is 5.11 Å². The molecule has 0 bridgehead atoms. The van der Waals surface area contributed by atoms with Crippen LogP contribution in [-0.4, -0.2) is 33.8 Å². The Morgan fingerprint density at radius 2 is 2.11 bits per heavy atom. The molecule has 0 heterocycles. The van der Waals surface area contributed by atoms with Gasteiger partial charge in [-0.25, -0.2) is 0 Å². The van der Waals surface area contributed by atoms with Gasteiger partial charge in [0.05, 0.1) is 6.61 Å². The van der Waals surface area contributed by atoms with Gasteiger partial charge >= 0.3 is 0 Å². The highest BCUT2D eigenvalue weighted by molar-refractivity contribution is 4.74. The largest absolute Gasteiger partial charge is 0.393 e. The third kappa shape index (κ3) is 2.28. The molecule has 0 saturated carbocycles. The highest BCUT2D eigenvalue weighted by Crippen LogP contribution is 2.10. The van der Waals surface area contributed by atoms with Crippen molar-refractivity contribution < 1.29 is 20.4 Å². The zero-order chi connectivity index (χ0) is 7.49. The highest BCUT2D eigenvalue weighted by Gasteiger charge is 2.32. The molecule has 0 aliphatic rings. The average Bonchev–Trinajstić information content (AvgIpc) is 1.86. The van der Waals surface area contributed by atoms with E-state index in [9.17, 15) is 5.11 Å². The molecular formula is C5H10O4. The molecule has 0 aliphatic carbocycles. The standard InChI is InChI=1S/C5H10O4/c1-2-5(8,9)4(7)3-6/h4,6-8H,1-3H2. The Bertz CT molecular complexity index is 81.0. The van der Waals surface area contributed by atoms with Crippen molar-refractivity contribution in [1.82, 2.24) is 0 Å². The first-order valence-corrected chi connectivity index (χ1v) is 2.55. The summed E-state index contributed by atoms with van der Waals surface area (Å²) in [6.07, 6.45) is -2.01. The minimum Gasteiger partial charge on any atom is -0.393 e. The number of aliphatic hydroxyl groups excluding tert-OH is 2. The molecule has 0 saturated heterocycles. The van der Waals surface area contributed by atoms with E-state index in [1.54, 1.807) is 0 Å². The van der Waals surface area contributed by atoms with Crippen LogP contribution in [0.15, 0.2) is 0 Å². The fourth-order valence-electron chi connectivity index (χ4n) is 0.309. The van der Waals surface area contributed by atoms with Crippen molar-refractivity contribution in [2.75, 3.05) is 6.61 Å². The summed E-state index contributed by atoms with van der Waals surface area (Å²) in [7, 11) is 0. The lowest BCUT2D eigenvalue weighted by atomic mass is 10.1. The van der Waals surface area contributed by atoms with Crippen LogP contribution in [0.4, 0.5) is 0 Å². The summed E-state index contributed by atoms with van der Waals surface area (Å²) >= 11 is 0.